The third-order valence-electron chi connectivity index (χ3n) is 1.81. The minimum Gasteiger partial charge on any atom is -0.497 e. The summed E-state index contributed by atoms with van der Waals surface area (Å²) in [6.45, 7) is 1.71. The van der Waals surface area contributed by atoms with Crippen LogP contribution in [0.1, 0.15) is 13.3 Å². The van der Waals surface area contributed by atoms with Crippen molar-refractivity contribution in [3.63, 3.8) is 0 Å². The molecule has 1 aliphatic rings. The second-order valence-corrected chi connectivity index (χ2v) is 2.55. The van der Waals surface area contributed by atoms with Crippen molar-refractivity contribution in [2.24, 2.45) is 5.18 Å². The summed E-state index contributed by atoms with van der Waals surface area (Å²) in [7, 11) is 1.62. The monoisotopic (exact) mass is 165 g/mol. The summed E-state index contributed by atoms with van der Waals surface area (Å²) in [5.41, 5.74) is 1.49. The van der Waals surface area contributed by atoms with Crippen molar-refractivity contribution in [2.45, 2.75) is 13.3 Å². The van der Waals surface area contributed by atoms with E-state index in [0.717, 1.165) is 17.8 Å². The Balaban J connectivity index is 2.78. The van der Waals surface area contributed by atoms with Gasteiger partial charge in [-0.3, -0.25) is 0 Å². The molecule has 1 rings (SSSR count). The van der Waals surface area contributed by atoms with Crippen molar-refractivity contribution in [3.05, 3.63) is 40.2 Å². The van der Waals surface area contributed by atoms with E-state index in [1.54, 1.807) is 14.0 Å². The largest absolute Gasteiger partial charge is 0.497 e. The van der Waals surface area contributed by atoms with Gasteiger partial charge >= 0.3 is 0 Å². The van der Waals surface area contributed by atoms with Crippen LogP contribution in [0.4, 0.5) is 0 Å². The second kappa shape index (κ2) is 3.85. The molecule has 0 aliphatic heterocycles. The summed E-state index contributed by atoms with van der Waals surface area (Å²) in [5.74, 6) is 0.831. The molecule has 0 unspecified atom stereocenters. The normalized spacial score (nSPS) is 20.0. The van der Waals surface area contributed by atoms with Gasteiger partial charge in [-0.05, 0) is 36.2 Å². The van der Waals surface area contributed by atoms with E-state index in [4.69, 9.17) is 4.74 Å². The standard InChI is InChI=1S/C9H11NO2/c1-7(10-11)8-3-5-9(12-2)6-4-8/h3,5-6H,4H2,1-2H3/b8-7-. The third-order valence-corrected chi connectivity index (χ3v) is 1.81. The molecule has 0 aromatic rings. The lowest BCUT2D eigenvalue weighted by molar-refractivity contribution is 0.304. The van der Waals surface area contributed by atoms with Gasteiger partial charge in [0.15, 0.2) is 0 Å². The van der Waals surface area contributed by atoms with E-state index in [1.165, 1.54) is 0 Å². The van der Waals surface area contributed by atoms with E-state index in [-0.39, 0.29) is 0 Å². The fraction of sp³-hybridized carbons (Fsp3) is 0.333. The van der Waals surface area contributed by atoms with Gasteiger partial charge in [0.05, 0.1) is 12.8 Å². The van der Waals surface area contributed by atoms with Crippen LogP contribution in [0.15, 0.2) is 40.4 Å². The van der Waals surface area contributed by atoms with Gasteiger partial charge in [-0.1, -0.05) is 6.08 Å². The summed E-state index contributed by atoms with van der Waals surface area (Å²) >= 11 is 0. The molecule has 3 heteroatoms. The summed E-state index contributed by atoms with van der Waals surface area (Å²) in [5, 5.41) is 2.87. The Hall–Kier alpha value is -1.38. The first-order valence-corrected chi connectivity index (χ1v) is 3.73. The summed E-state index contributed by atoms with van der Waals surface area (Å²) in [6, 6.07) is 0. The Bertz CT molecular complexity index is 274. The van der Waals surface area contributed by atoms with E-state index in [1.807, 2.05) is 18.2 Å². The van der Waals surface area contributed by atoms with Crippen LogP contribution in [0.25, 0.3) is 0 Å². The molecule has 3 nitrogen and oxygen atoms in total. The van der Waals surface area contributed by atoms with Crippen molar-refractivity contribution in [3.8, 4) is 0 Å². The highest BCUT2D eigenvalue weighted by Crippen LogP contribution is 2.19. The van der Waals surface area contributed by atoms with Gasteiger partial charge in [0.1, 0.15) is 5.76 Å². The van der Waals surface area contributed by atoms with Crippen molar-refractivity contribution in [1.82, 2.24) is 0 Å². The van der Waals surface area contributed by atoms with Crippen molar-refractivity contribution < 1.29 is 4.74 Å². The molecule has 12 heavy (non-hydrogen) atoms. The van der Waals surface area contributed by atoms with Crippen LogP contribution < -0.4 is 0 Å². The zero-order chi connectivity index (χ0) is 8.97. The predicted molar refractivity (Wildman–Crippen MR) is 47.3 cm³/mol. The second-order valence-electron chi connectivity index (χ2n) is 2.55. The Morgan fingerprint density at radius 1 is 1.58 bits per heavy atom. The Kier molecular flexibility index (Phi) is 2.80. The minimum absolute atomic E-state index is 0.539. The fourth-order valence-electron chi connectivity index (χ4n) is 1.01. The highest BCUT2D eigenvalue weighted by Gasteiger charge is 2.03. The van der Waals surface area contributed by atoms with E-state index in [0.29, 0.717) is 5.70 Å². The quantitative estimate of drug-likeness (QED) is 0.589. The molecule has 0 bridgehead atoms. The molecule has 0 radical (unpaired) electrons. The third kappa shape index (κ3) is 1.81. The molecule has 0 amide bonds. The predicted octanol–water partition coefficient (Wildman–Crippen LogP) is 2.52. The number of nitroso groups, excluding NO2 is 1. The molecule has 0 atom stereocenters. The van der Waals surface area contributed by atoms with Crippen LogP contribution in [-0.4, -0.2) is 7.11 Å². The van der Waals surface area contributed by atoms with E-state index in [2.05, 4.69) is 5.18 Å². The van der Waals surface area contributed by atoms with Gasteiger partial charge in [0, 0.05) is 0 Å². The van der Waals surface area contributed by atoms with Crippen LogP contribution in [-0.2, 0) is 4.74 Å². The zero-order valence-electron chi connectivity index (χ0n) is 7.20. The number of hydrogen-bond donors (Lipinski definition) is 0. The topological polar surface area (TPSA) is 38.7 Å². The molecule has 0 N–H and O–H groups in total. The minimum atomic E-state index is 0.539. The first kappa shape index (κ1) is 8.71. The Labute approximate surface area is 71.4 Å². The van der Waals surface area contributed by atoms with Crippen LogP contribution >= 0.6 is 0 Å². The van der Waals surface area contributed by atoms with Gasteiger partial charge in [-0.25, -0.2) is 0 Å². The number of hydrogen-bond acceptors (Lipinski definition) is 3. The zero-order valence-corrected chi connectivity index (χ0v) is 7.20. The molecule has 0 aromatic carbocycles. The molecule has 64 valence electrons. The highest BCUT2D eigenvalue weighted by atomic mass is 16.5. The number of rotatable bonds is 2. The van der Waals surface area contributed by atoms with Crippen molar-refractivity contribution in [2.75, 3.05) is 7.11 Å². The fourth-order valence-corrected chi connectivity index (χ4v) is 1.01. The number of ether oxygens (including phenoxy) is 1. The van der Waals surface area contributed by atoms with Crippen LogP contribution in [0.5, 0.6) is 0 Å². The van der Waals surface area contributed by atoms with Crippen molar-refractivity contribution >= 4 is 0 Å². The number of methoxy groups -OCH3 is 1. The molecule has 1 aliphatic carbocycles. The van der Waals surface area contributed by atoms with Crippen LogP contribution in [0.2, 0.25) is 0 Å². The first-order chi connectivity index (χ1) is 5.77. The van der Waals surface area contributed by atoms with Gasteiger partial charge in [0.25, 0.3) is 0 Å². The van der Waals surface area contributed by atoms with Gasteiger partial charge in [-0.15, -0.1) is 4.91 Å². The van der Waals surface area contributed by atoms with E-state index < -0.39 is 0 Å². The van der Waals surface area contributed by atoms with Gasteiger partial charge in [0.2, 0.25) is 0 Å². The Morgan fingerprint density at radius 2 is 2.33 bits per heavy atom. The molecule has 0 spiro atoms. The van der Waals surface area contributed by atoms with Gasteiger partial charge in [-0.2, -0.15) is 0 Å². The van der Waals surface area contributed by atoms with Crippen LogP contribution in [0.3, 0.4) is 0 Å². The summed E-state index contributed by atoms with van der Waals surface area (Å²) in [4.78, 5) is 10.2. The van der Waals surface area contributed by atoms with E-state index >= 15 is 0 Å². The van der Waals surface area contributed by atoms with E-state index in [9.17, 15) is 4.91 Å². The van der Waals surface area contributed by atoms with Crippen molar-refractivity contribution in [1.29, 1.82) is 0 Å². The summed E-state index contributed by atoms with van der Waals surface area (Å²) < 4.78 is 5.00. The summed E-state index contributed by atoms with van der Waals surface area (Å²) in [6.07, 6.45) is 6.32. The molecular weight excluding hydrogens is 154 g/mol. The van der Waals surface area contributed by atoms with Crippen LogP contribution in [0, 0.1) is 4.91 Å². The lowest BCUT2D eigenvalue weighted by atomic mass is 10.1. The number of nitrogens with zero attached hydrogens (tertiary/aromatic N) is 1. The molecule has 0 fully saturated rings. The maximum atomic E-state index is 10.2. The lowest BCUT2D eigenvalue weighted by Crippen LogP contribution is -1.91. The molecule has 0 heterocycles. The average molecular weight is 165 g/mol. The number of allylic oxidation sites excluding steroid dienone is 5. The maximum absolute atomic E-state index is 10.2. The Morgan fingerprint density at radius 3 is 2.75 bits per heavy atom. The molecular formula is C9H11NO2. The smallest absolute Gasteiger partial charge is 0.115 e. The molecule has 0 saturated carbocycles. The van der Waals surface area contributed by atoms with Gasteiger partial charge < -0.3 is 4.74 Å². The SMILES string of the molecule is COC1=CC/C(=C(/C)N=O)C=C1. The highest BCUT2D eigenvalue weighted by molar-refractivity contribution is 5.35. The average Bonchev–Trinajstić information content (AvgIpc) is 2.17. The first-order valence-electron chi connectivity index (χ1n) is 3.73. The lowest BCUT2D eigenvalue weighted by Gasteiger charge is -2.07. The maximum Gasteiger partial charge on any atom is 0.115 e. The molecule has 0 aromatic heterocycles. The molecule has 0 saturated heterocycles.